The first kappa shape index (κ1) is 15.5. The highest BCUT2D eigenvalue weighted by Crippen LogP contribution is 2.23. The van der Waals surface area contributed by atoms with Crippen molar-refractivity contribution in [3.8, 4) is 11.5 Å². The third kappa shape index (κ3) is 3.88. The molecular weight excluding hydrogens is 284 g/mol. The van der Waals surface area contributed by atoms with Gasteiger partial charge in [-0.3, -0.25) is 0 Å². The zero-order valence-electron chi connectivity index (χ0n) is 13.6. The Balaban J connectivity index is 1.69. The summed E-state index contributed by atoms with van der Waals surface area (Å²) in [5, 5.41) is 3.59. The van der Waals surface area contributed by atoms with Gasteiger partial charge in [0.2, 0.25) is 5.89 Å². The summed E-state index contributed by atoms with van der Waals surface area (Å²) in [6, 6.07) is 20.8. The van der Waals surface area contributed by atoms with Crippen molar-refractivity contribution < 1.29 is 4.42 Å². The maximum atomic E-state index is 5.60. The predicted octanol–water partition coefficient (Wildman–Crippen LogP) is 4.83. The van der Waals surface area contributed by atoms with Crippen molar-refractivity contribution in [2.75, 3.05) is 0 Å². The van der Waals surface area contributed by atoms with E-state index in [1.807, 2.05) is 36.4 Å². The van der Waals surface area contributed by atoms with Gasteiger partial charge >= 0.3 is 0 Å². The van der Waals surface area contributed by atoms with Crippen LogP contribution in [0.4, 0.5) is 0 Å². The molecule has 0 saturated carbocycles. The van der Waals surface area contributed by atoms with Gasteiger partial charge < -0.3 is 9.73 Å². The minimum Gasteiger partial charge on any atom is -0.444 e. The molecule has 1 unspecified atom stereocenters. The van der Waals surface area contributed by atoms with E-state index in [1.54, 1.807) is 6.26 Å². The number of rotatable bonds is 6. The maximum absolute atomic E-state index is 5.60. The number of aromatic nitrogens is 1. The summed E-state index contributed by atoms with van der Waals surface area (Å²) in [5.41, 5.74) is 3.22. The lowest BCUT2D eigenvalue weighted by Gasteiger charge is -2.22. The predicted molar refractivity (Wildman–Crippen MR) is 92.8 cm³/mol. The van der Waals surface area contributed by atoms with E-state index in [0.29, 0.717) is 24.4 Å². The van der Waals surface area contributed by atoms with Crippen LogP contribution in [0.5, 0.6) is 0 Å². The number of benzene rings is 2. The second-order valence-corrected chi connectivity index (χ2v) is 6.02. The lowest BCUT2D eigenvalue weighted by atomic mass is 9.96. The van der Waals surface area contributed by atoms with Crippen LogP contribution in [0.25, 0.3) is 11.5 Å². The zero-order valence-corrected chi connectivity index (χ0v) is 13.6. The highest BCUT2D eigenvalue weighted by Gasteiger charge is 2.16. The van der Waals surface area contributed by atoms with E-state index >= 15 is 0 Å². The van der Waals surface area contributed by atoms with Gasteiger partial charge in [0.15, 0.2) is 0 Å². The summed E-state index contributed by atoms with van der Waals surface area (Å²) in [4.78, 5) is 4.58. The van der Waals surface area contributed by atoms with Crippen molar-refractivity contribution in [3.63, 3.8) is 0 Å². The Hall–Kier alpha value is -2.39. The normalized spacial score (nSPS) is 12.5. The van der Waals surface area contributed by atoms with Gasteiger partial charge in [0.25, 0.3) is 0 Å². The molecule has 0 radical (unpaired) electrons. The Kier molecular flexibility index (Phi) is 4.89. The SMILES string of the molecule is CC(C)C(NCc1coc(-c2ccccc2)n1)c1ccccc1. The molecule has 3 heteroatoms. The summed E-state index contributed by atoms with van der Waals surface area (Å²) in [5.74, 6) is 1.17. The van der Waals surface area contributed by atoms with Gasteiger partial charge in [-0.2, -0.15) is 0 Å². The van der Waals surface area contributed by atoms with Gasteiger partial charge in [-0.25, -0.2) is 4.98 Å². The monoisotopic (exact) mass is 306 g/mol. The summed E-state index contributed by atoms with van der Waals surface area (Å²) in [7, 11) is 0. The molecule has 0 saturated heterocycles. The van der Waals surface area contributed by atoms with E-state index in [4.69, 9.17) is 4.42 Å². The number of hydrogen-bond acceptors (Lipinski definition) is 3. The third-order valence-electron chi connectivity index (χ3n) is 3.90. The molecule has 0 bridgehead atoms. The molecule has 0 fully saturated rings. The van der Waals surface area contributed by atoms with Crippen LogP contribution in [-0.4, -0.2) is 4.98 Å². The molecule has 118 valence electrons. The molecule has 3 aromatic rings. The molecule has 0 aliphatic heterocycles. The summed E-state index contributed by atoms with van der Waals surface area (Å²) in [6.07, 6.45) is 1.73. The molecule has 0 amide bonds. The third-order valence-corrected chi connectivity index (χ3v) is 3.90. The Morgan fingerprint density at radius 3 is 2.26 bits per heavy atom. The Morgan fingerprint density at radius 1 is 0.957 bits per heavy atom. The highest BCUT2D eigenvalue weighted by molar-refractivity contribution is 5.52. The zero-order chi connectivity index (χ0) is 16.1. The van der Waals surface area contributed by atoms with Crippen LogP contribution in [0.3, 0.4) is 0 Å². The van der Waals surface area contributed by atoms with Crippen LogP contribution in [0.1, 0.15) is 31.1 Å². The fourth-order valence-electron chi connectivity index (χ4n) is 2.71. The van der Waals surface area contributed by atoms with Crippen molar-refractivity contribution in [3.05, 3.63) is 78.2 Å². The van der Waals surface area contributed by atoms with Crippen LogP contribution in [-0.2, 0) is 6.54 Å². The fourth-order valence-corrected chi connectivity index (χ4v) is 2.71. The van der Waals surface area contributed by atoms with Gasteiger partial charge in [-0.1, -0.05) is 62.4 Å². The molecule has 2 aromatic carbocycles. The topological polar surface area (TPSA) is 38.1 Å². The number of hydrogen-bond donors (Lipinski definition) is 1. The van der Waals surface area contributed by atoms with Crippen molar-refractivity contribution >= 4 is 0 Å². The molecule has 1 N–H and O–H groups in total. The Bertz CT molecular complexity index is 720. The van der Waals surface area contributed by atoms with E-state index < -0.39 is 0 Å². The van der Waals surface area contributed by atoms with E-state index in [9.17, 15) is 0 Å². The second-order valence-electron chi connectivity index (χ2n) is 6.02. The van der Waals surface area contributed by atoms with Gasteiger partial charge in [0, 0.05) is 18.2 Å². The molecular formula is C20H22N2O. The maximum Gasteiger partial charge on any atom is 0.226 e. The van der Waals surface area contributed by atoms with Crippen molar-refractivity contribution in [1.82, 2.24) is 10.3 Å². The molecule has 3 rings (SSSR count). The molecule has 1 aromatic heterocycles. The average Bonchev–Trinajstić information content (AvgIpc) is 3.05. The largest absolute Gasteiger partial charge is 0.444 e. The first-order chi connectivity index (χ1) is 11.2. The molecule has 1 heterocycles. The quantitative estimate of drug-likeness (QED) is 0.709. The standard InChI is InChI=1S/C20H22N2O/c1-15(2)19(16-9-5-3-6-10-16)21-13-18-14-23-20(22-18)17-11-7-4-8-12-17/h3-12,14-15,19,21H,13H2,1-2H3. The number of nitrogens with one attached hydrogen (secondary N) is 1. The van der Waals surface area contributed by atoms with E-state index in [-0.39, 0.29) is 0 Å². The van der Waals surface area contributed by atoms with Gasteiger partial charge in [0.05, 0.1) is 5.69 Å². The summed E-state index contributed by atoms with van der Waals surface area (Å²) < 4.78 is 5.60. The molecule has 3 nitrogen and oxygen atoms in total. The average molecular weight is 306 g/mol. The molecule has 1 atom stereocenters. The van der Waals surface area contributed by atoms with Crippen LogP contribution in [0, 0.1) is 5.92 Å². The van der Waals surface area contributed by atoms with E-state index in [0.717, 1.165) is 11.3 Å². The fraction of sp³-hybridized carbons (Fsp3) is 0.250. The van der Waals surface area contributed by atoms with Crippen molar-refractivity contribution in [1.29, 1.82) is 0 Å². The lowest BCUT2D eigenvalue weighted by molar-refractivity contribution is 0.408. The van der Waals surface area contributed by atoms with E-state index in [2.05, 4.69) is 48.4 Å². The van der Waals surface area contributed by atoms with Crippen molar-refractivity contribution in [2.24, 2.45) is 5.92 Å². The van der Waals surface area contributed by atoms with Crippen molar-refractivity contribution in [2.45, 2.75) is 26.4 Å². The molecule has 0 aliphatic carbocycles. The first-order valence-corrected chi connectivity index (χ1v) is 8.02. The van der Waals surface area contributed by atoms with Crippen LogP contribution in [0.2, 0.25) is 0 Å². The Morgan fingerprint density at radius 2 is 1.61 bits per heavy atom. The molecule has 0 spiro atoms. The van der Waals surface area contributed by atoms with Crippen LogP contribution in [0.15, 0.2) is 71.3 Å². The minimum atomic E-state index is 0.299. The number of oxazole rings is 1. The summed E-state index contributed by atoms with van der Waals surface area (Å²) in [6.45, 7) is 5.14. The minimum absolute atomic E-state index is 0.299. The molecule has 0 aliphatic rings. The van der Waals surface area contributed by atoms with Gasteiger partial charge in [-0.05, 0) is 23.6 Å². The van der Waals surface area contributed by atoms with Crippen LogP contribution >= 0.6 is 0 Å². The smallest absolute Gasteiger partial charge is 0.226 e. The van der Waals surface area contributed by atoms with Gasteiger partial charge in [-0.15, -0.1) is 0 Å². The molecule has 23 heavy (non-hydrogen) atoms. The first-order valence-electron chi connectivity index (χ1n) is 8.02. The van der Waals surface area contributed by atoms with E-state index in [1.165, 1.54) is 5.56 Å². The Labute approximate surface area is 137 Å². The second kappa shape index (κ2) is 7.25. The summed E-state index contributed by atoms with van der Waals surface area (Å²) >= 11 is 0. The van der Waals surface area contributed by atoms with Gasteiger partial charge in [0.1, 0.15) is 6.26 Å². The van der Waals surface area contributed by atoms with Crippen LogP contribution < -0.4 is 5.32 Å². The lowest BCUT2D eigenvalue weighted by Crippen LogP contribution is -2.25. The highest BCUT2D eigenvalue weighted by atomic mass is 16.3. The number of nitrogens with zero attached hydrogens (tertiary/aromatic N) is 1.